The van der Waals surface area contributed by atoms with Gasteiger partial charge in [0.25, 0.3) is 0 Å². The summed E-state index contributed by atoms with van der Waals surface area (Å²) >= 11 is 0. The first-order chi connectivity index (χ1) is 19.2. The fourth-order valence-corrected chi connectivity index (χ4v) is 4.97. The van der Waals surface area contributed by atoms with E-state index in [0.717, 1.165) is 34.6 Å². The number of aryl methyl sites for hydroxylation is 1. The number of hydrogen-bond donors (Lipinski definition) is 1. The largest absolute Gasteiger partial charge is 0.380 e. The van der Waals surface area contributed by atoms with Gasteiger partial charge in [0, 0.05) is 73.2 Å². The Labute approximate surface area is 227 Å². The minimum atomic E-state index is -2.10. The molecule has 204 valence electrons. The van der Waals surface area contributed by atoms with E-state index in [0.29, 0.717) is 37.5 Å². The molecule has 1 unspecified atom stereocenters. The van der Waals surface area contributed by atoms with Gasteiger partial charge in [-0.25, -0.2) is 32.6 Å². The number of anilines is 1. The van der Waals surface area contributed by atoms with Crippen molar-refractivity contribution < 1.29 is 18.3 Å². The van der Waals surface area contributed by atoms with Crippen molar-refractivity contribution in [1.82, 2.24) is 34.3 Å². The molecule has 4 aromatic heterocycles. The van der Waals surface area contributed by atoms with Gasteiger partial charge < -0.3 is 10.0 Å². The van der Waals surface area contributed by atoms with Crippen LogP contribution in [0.25, 0.3) is 22.2 Å². The van der Waals surface area contributed by atoms with Crippen LogP contribution < -0.4 is 4.90 Å². The van der Waals surface area contributed by atoms with Crippen LogP contribution in [-0.4, -0.2) is 52.5 Å². The third-order valence-corrected chi connectivity index (χ3v) is 7.18. The lowest BCUT2D eigenvalue weighted by Crippen LogP contribution is -2.30. The summed E-state index contributed by atoms with van der Waals surface area (Å²) in [7, 11) is 0. The first-order valence-corrected chi connectivity index (χ1v) is 12.7. The average Bonchev–Trinajstić information content (AvgIpc) is 3.60. The predicted molar refractivity (Wildman–Crippen MR) is 142 cm³/mol. The summed E-state index contributed by atoms with van der Waals surface area (Å²) in [6, 6.07) is 3.11. The van der Waals surface area contributed by atoms with Gasteiger partial charge >= 0.3 is 0 Å². The van der Waals surface area contributed by atoms with Crippen LogP contribution in [0.4, 0.5) is 19.0 Å². The van der Waals surface area contributed by atoms with E-state index in [9.17, 15) is 18.3 Å². The summed E-state index contributed by atoms with van der Waals surface area (Å²) in [5.74, 6) is -2.19. The van der Waals surface area contributed by atoms with Crippen LogP contribution >= 0.6 is 0 Å². The van der Waals surface area contributed by atoms with Gasteiger partial charge in [-0.1, -0.05) is 6.08 Å². The zero-order chi connectivity index (χ0) is 28.0. The molecule has 12 heteroatoms. The lowest BCUT2D eigenvalue weighted by atomic mass is 9.89. The van der Waals surface area contributed by atoms with Gasteiger partial charge in [0.2, 0.25) is 0 Å². The molecule has 9 nitrogen and oxygen atoms in total. The molecule has 0 amide bonds. The lowest BCUT2D eigenvalue weighted by Gasteiger charge is -2.28. The maximum Gasteiger partial charge on any atom is 0.156 e. The highest BCUT2D eigenvalue weighted by Crippen LogP contribution is 2.34. The second-order valence-corrected chi connectivity index (χ2v) is 9.76. The molecule has 0 spiro atoms. The standard InChI is InChI=1S/C28H25F3N8O/c1-3-38-14-19(11-35-38)18-8-24-27(34-16-36-39(24)15-18)37-6-4-17(5-7-37)26-32-12-20(13-33-26)28(2,40)25-22(30)9-21(29)10-23(25)31/h4,8-16,40H,3,5-7H2,1-2H3. The minimum Gasteiger partial charge on any atom is -0.380 e. The summed E-state index contributed by atoms with van der Waals surface area (Å²) in [5.41, 5.74) is 1.10. The Balaban J connectivity index is 1.22. The Morgan fingerprint density at radius 2 is 1.70 bits per heavy atom. The number of halogens is 3. The van der Waals surface area contributed by atoms with Gasteiger partial charge in [0.1, 0.15) is 34.9 Å². The van der Waals surface area contributed by atoms with Crippen molar-refractivity contribution in [1.29, 1.82) is 0 Å². The molecule has 0 saturated carbocycles. The highest BCUT2D eigenvalue weighted by molar-refractivity contribution is 5.78. The van der Waals surface area contributed by atoms with Crippen molar-refractivity contribution in [3.05, 3.63) is 96.0 Å². The Morgan fingerprint density at radius 3 is 2.35 bits per heavy atom. The van der Waals surface area contributed by atoms with Crippen LogP contribution in [0.5, 0.6) is 0 Å². The zero-order valence-corrected chi connectivity index (χ0v) is 21.8. The summed E-state index contributed by atoms with van der Waals surface area (Å²) in [4.78, 5) is 15.4. The molecule has 0 bridgehead atoms. The molecule has 5 aromatic rings. The van der Waals surface area contributed by atoms with Gasteiger partial charge in [-0.15, -0.1) is 0 Å². The fourth-order valence-electron chi connectivity index (χ4n) is 4.97. The van der Waals surface area contributed by atoms with Crippen LogP contribution in [0.1, 0.15) is 37.2 Å². The molecule has 1 N–H and O–H groups in total. The molecule has 5 heterocycles. The monoisotopic (exact) mass is 546 g/mol. The Hall–Kier alpha value is -4.58. The number of hydrogen-bond acceptors (Lipinski definition) is 7. The predicted octanol–water partition coefficient (Wildman–Crippen LogP) is 4.37. The topological polar surface area (TPSA) is 97.3 Å². The third-order valence-electron chi connectivity index (χ3n) is 7.18. The smallest absolute Gasteiger partial charge is 0.156 e. The number of nitrogens with zero attached hydrogens (tertiary/aromatic N) is 8. The normalized spacial score (nSPS) is 15.3. The molecule has 6 rings (SSSR count). The van der Waals surface area contributed by atoms with E-state index in [-0.39, 0.29) is 5.56 Å². The van der Waals surface area contributed by atoms with Gasteiger partial charge in [0.05, 0.1) is 11.8 Å². The van der Waals surface area contributed by atoms with E-state index < -0.39 is 28.6 Å². The van der Waals surface area contributed by atoms with E-state index >= 15 is 0 Å². The molecular formula is C28H25F3N8O. The zero-order valence-electron chi connectivity index (χ0n) is 21.8. The minimum absolute atomic E-state index is 0.0792. The molecule has 1 aliphatic rings. The van der Waals surface area contributed by atoms with Crippen LogP contribution in [0.2, 0.25) is 0 Å². The second kappa shape index (κ2) is 9.87. The molecule has 0 saturated heterocycles. The highest BCUT2D eigenvalue weighted by Gasteiger charge is 2.33. The van der Waals surface area contributed by atoms with Gasteiger partial charge in [-0.05, 0) is 31.9 Å². The van der Waals surface area contributed by atoms with Crippen molar-refractivity contribution in [3.8, 4) is 11.1 Å². The quantitative estimate of drug-likeness (QED) is 0.338. The van der Waals surface area contributed by atoms with Crippen molar-refractivity contribution in [3.63, 3.8) is 0 Å². The summed E-state index contributed by atoms with van der Waals surface area (Å²) in [6.45, 7) is 5.26. The van der Waals surface area contributed by atoms with Crippen molar-refractivity contribution in [2.45, 2.75) is 32.4 Å². The summed E-state index contributed by atoms with van der Waals surface area (Å²) in [5, 5.41) is 19.6. The van der Waals surface area contributed by atoms with E-state index in [1.807, 2.05) is 42.3 Å². The van der Waals surface area contributed by atoms with Crippen LogP contribution in [0.3, 0.4) is 0 Å². The fraction of sp³-hybridized carbons (Fsp3) is 0.250. The molecule has 1 atom stereocenters. The van der Waals surface area contributed by atoms with E-state index in [4.69, 9.17) is 0 Å². The molecule has 1 aliphatic heterocycles. The second-order valence-electron chi connectivity index (χ2n) is 9.76. The van der Waals surface area contributed by atoms with Crippen molar-refractivity contribution >= 4 is 16.9 Å². The van der Waals surface area contributed by atoms with Gasteiger partial charge in [-0.2, -0.15) is 10.2 Å². The number of fused-ring (bicyclic) bond motifs is 1. The maximum atomic E-state index is 14.3. The molecule has 40 heavy (non-hydrogen) atoms. The summed E-state index contributed by atoms with van der Waals surface area (Å²) < 4.78 is 45.7. The lowest BCUT2D eigenvalue weighted by molar-refractivity contribution is 0.0923. The molecular weight excluding hydrogens is 521 g/mol. The number of aromatic nitrogens is 7. The maximum absolute atomic E-state index is 14.3. The number of benzene rings is 1. The van der Waals surface area contributed by atoms with Gasteiger partial charge in [0.15, 0.2) is 11.6 Å². The SMILES string of the molecule is CCn1cc(-c2cc3c(N4CC=C(c5ncc(C(C)(O)c6c(F)cc(F)cc6F)cn5)CC4)ncnn3c2)cn1. The van der Waals surface area contributed by atoms with E-state index in [2.05, 4.69) is 30.0 Å². The highest BCUT2D eigenvalue weighted by atomic mass is 19.1. The first-order valence-electron chi connectivity index (χ1n) is 12.7. The number of aliphatic hydroxyl groups is 1. The first kappa shape index (κ1) is 25.7. The Morgan fingerprint density at radius 1 is 0.950 bits per heavy atom. The number of rotatable bonds is 6. The molecule has 0 fully saturated rings. The van der Waals surface area contributed by atoms with Crippen LogP contribution in [0.15, 0.2) is 61.6 Å². The van der Waals surface area contributed by atoms with Crippen molar-refractivity contribution in [2.75, 3.05) is 18.0 Å². The van der Waals surface area contributed by atoms with Gasteiger partial charge in [-0.3, -0.25) is 4.68 Å². The van der Waals surface area contributed by atoms with Crippen molar-refractivity contribution in [2.24, 2.45) is 0 Å². The molecule has 0 radical (unpaired) electrons. The van der Waals surface area contributed by atoms with Crippen LogP contribution in [0, 0.1) is 17.5 Å². The van der Waals surface area contributed by atoms with E-state index in [1.54, 1.807) is 4.52 Å². The Kier molecular flexibility index (Phi) is 6.34. The average molecular weight is 547 g/mol. The summed E-state index contributed by atoms with van der Waals surface area (Å²) in [6.07, 6.45) is 12.6. The van der Waals surface area contributed by atoms with Crippen LogP contribution in [-0.2, 0) is 12.1 Å². The molecule has 0 aliphatic carbocycles. The third kappa shape index (κ3) is 4.49. The molecule has 1 aromatic carbocycles. The van der Waals surface area contributed by atoms with E-state index in [1.165, 1.54) is 25.6 Å². The Bertz CT molecular complexity index is 1720.